The van der Waals surface area contributed by atoms with Crippen molar-refractivity contribution in [2.45, 2.75) is 38.5 Å². The van der Waals surface area contributed by atoms with Crippen LogP contribution in [-0.4, -0.2) is 37.3 Å². The Balaban J connectivity index is 1.38. The lowest BCUT2D eigenvalue weighted by Crippen LogP contribution is -2.28. The lowest BCUT2D eigenvalue weighted by atomic mass is 10.1. The lowest BCUT2D eigenvalue weighted by Gasteiger charge is -2.15. The SMILES string of the molecule is CCn1c(SCC(=O)Nc2nc3ccccc3s2)nnc1[C@H](C)NC(=O)c1cccc(C)c1. The Morgan fingerprint density at radius 2 is 1.97 bits per heavy atom. The third-order valence-electron chi connectivity index (χ3n) is 4.95. The van der Waals surface area contributed by atoms with Gasteiger partial charge in [-0.15, -0.1) is 10.2 Å². The maximum absolute atomic E-state index is 12.6. The van der Waals surface area contributed by atoms with Crippen molar-refractivity contribution < 1.29 is 9.59 Å². The molecule has 1 atom stereocenters. The Morgan fingerprint density at radius 1 is 1.15 bits per heavy atom. The summed E-state index contributed by atoms with van der Waals surface area (Å²) in [6.45, 7) is 6.42. The summed E-state index contributed by atoms with van der Waals surface area (Å²) in [7, 11) is 0. The molecule has 2 aromatic heterocycles. The molecule has 170 valence electrons. The molecule has 2 amide bonds. The molecule has 0 bridgehead atoms. The fourth-order valence-electron chi connectivity index (χ4n) is 3.37. The fraction of sp³-hybridized carbons (Fsp3) is 0.261. The summed E-state index contributed by atoms with van der Waals surface area (Å²) in [6, 6.07) is 14.9. The van der Waals surface area contributed by atoms with Gasteiger partial charge < -0.3 is 15.2 Å². The van der Waals surface area contributed by atoms with Gasteiger partial charge in [-0.1, -0.05) is 52.9 Å². The molecule has 0 saturated heterocycles. The van der Waals surface area contributed by atoms with Gasteiger partial charge in [-0.25, -0.2) is 4.98 Å². The molecule has 0 saturated carbocycles. The lowest BCUT2D eigenvalue weighted by molar-refractivity contribution is -0.113. The first kappa shape index (κ1) is 22.9. The Morgan fingerprint density at radius 3 is 2.73 bits per heavy atom. The molecule has 2 heterocycles. The average Bonchev–Trinajstić information content (AvgIpc) is 3.40. The molecule has 0 aliphatic carbocycles. The number of amides is 2. The second-order valence-corrected chi connectivity index (χ2v) is 9.45. The second-order valence-electron chi connectivity index (χ2n) is 7.47. The number of nitrogens with zero attached hydrogens (tertiary/aromatic N) is 4. The van der Waals surface area contributed by atoms with Crippen LogP contribution in [0.25, 0.3) is 10.2 Å². The number of carbonyl (C=O) groups excluding carboxylic acids is 2. The summed E-state index contributed by atoms with van der Waals surface area (Å²) in [5, 5.41) is 15.6. The first-order valence-electron chi connectivity index (χ1n) is 10.5. The van der Waals surface area contributed by atoms with Crippen LogP contribution in [0, 0.1) is 6.92 Å². The number of para-hydroxylation sites is 1. The molecule has 8 nitrogen and oxygen atoms in total. The van der Waals surface area contributed by atoms with Gasteiger partial charge >= 0.3 is 0 Å². The van der Waals surface area contributed by atoms with Crippen molar-refractivity contribution in [2.24, 2.45) is 0 Å². The van der Waals surface area contributed by atoms with Gasteiger partial charge in [-0.05, 0) is 45.0 Å². The molecule has 0 aliphatic heterocycles. The van der Waals surface area contributed by atoms with Gasteiger partial charge in [0.05, 0.1) is 22.0 Å². The van der Waals surface area contributed by atoms with E-state index in [1.54, 1.807) is 6.07 Å². The van der Waals surface area contributed by atoms with Gasteiger partial charge in [0.2, 0.25) is 5.91 Å². The first-order chi connectivity index (χ1) is 15.9. The summed E-state index contributed by atoms with van der Waals surface area (Å²) in [6.07, 6.45) is 0. The summed E-state index contributed by atoms with van der Waals surface area (Å²) in [4.78, 5) is 29.5. The molecule has 4 aromatic rings. The molecule has 10 heteroatoms. The van der Waals surface area contributed by atoms with Crippen LogP contribution >= 0.6 is 23.1 Å². The number of fused-ring (bicyclic) bond motifs is 1. The number of aromatic nitrogens is 4. The maximum atomic E-state index is 12.6. The zero-order chi connectivity index (χ0) is 23.4. The molecule has 0 aliphatic rings. The molecule has 0 fully saturated rings. The Bertz CT molecular complexity index is 1270. The Kier molecular flexibility index (Phi) is 7.05. The predicted octanol–water partition coefficient (Wildman–Crippen LogP) is 4.44. The summed E-state index contributed by atoms with van der Waals surface area (Å²) in [5.41, 5.74) is 2.49. The highest BCUT2D eigenvalue weighted by Crippen LogP contribution is 2.26. The number of hydrogen-bond acceptors (Lipinski definition) is 7. The van der Waals surface area contributed by atoms with E-state index < -0.39 is 0 Å². The summed E-state index contributed by atoms with van der Waals surface area (Å²) < 4.78 is 2.94. The van der Waals surface area contributed by atoms with Crippen LogP contribution in [-0.2, 0) is 11.3 Å². The number of aryl methyl sites for hydroxylation is 1. The quantitative estimate of drug-likeness (QED) is 0.362. The van der Waals surface area contributed by atoms with Crippen molar-refractivity contribution in [3.05, 3.63) is 65.5 Å². The van der Waals surface area contributed by atoms with Crippen molar-refractivity contribution in [3.63, 3.8) is 0 Å². The number of thioether (sulfide) groups is 1. The average molecular weight is 481 g/mol. The van der Waals surface area contributed by atoms with Crippen molar-refractivity contribution in [1.29, 1.82) is 0 Å². The van der Waals surface area contributed by atoms with E-state index in [9.17, 15) is 9.59 Å². The fourth-order valence-corrected chi connectivity index (χ4v) is 5.06. The number of anilines is 1. The van der Waals surface area contributed by atoms with Crippen molar-refractivity contribution in [3.8, 4) is 0 Å². The van der Waals surface area contributed by atoms with Gasteiger partial charge in [0, 0.05) is 12.1 Å². The van der Waals surface area contributed by atoms with Gasteiger partial charge in [-0.3, -0.25) is 9.59 Å². The highest BCUT2D eigenvalue weighted by atomic mass is 32.2. The normalized spacial score (nSPS) is 12.0. The molecule has 4 rings (SSSR count). The third kappa shape index (κ3) is 5.40. The molecule has 0 radical (unpaired) electrons. The standard InChI is InChI=1S/C23H24N6O2S2/c1-4-29-20(15(3)24-21(31)16-9-7-8-14(2)12-16)27-28-23(29)32-13-19(30)26-22-25-17-10-5-6-11-18(17)33-22/h5-12,15H,4,13H2,1-3H3,(H,24,31)(H,25,26,30)/t15-/m0/s1. The van der Waals surface area contributed by atoms with Crippen LogP contribution in [0.1, 0.15) is 41.6 Å². The highest BCUT2D eigenvalue weighted by molar-refractivity contribution is 7.99. The smallest absolute Gasteiger partial charge is 0.251 e. The number of carbonyl (C=O) groups is 2. The van der Waals surface area contributed by atoms with Crippen LogP contribution in [0.5, 0.6) is 0 Å². The van der Waals surface area contributed by atoms with E-state index in [4.69, 9.17) is 0 Å². The monoisotopic (exact) mass is 480 g/mol. The zero-order valence-corrected chi connectivity index (χ0v) is 20.2. The summed E-state index contributed by atoms with van der Waals surface area (Å²) >= 11 is 2.74. The van der Waals surface area contributed by atoms with Gasteiger partial charge in [-0.2, -0.15) is 0 Å². The van der Waals surface area contributed by atoms with Gasteiger partial charge in [0.15, 0.2) is 16.1 Å². The molecule has 0 unspecified atom stereocenters. The third-order valence-corrected chi connectivity index (χ3v) is 6.87. The van der Waals surface area contributed by atoms with Crippen molar-refractivity contribution in [2.75, 3.05) is 11.1 Å². The summed E-state index contributed by atoms with van der Waals surface area (Å²) in [5.74, 6) is 0.499. The van der Waals surface area contributed by atoms with E-state index in [2.05, 4.69) is 25.8 Å². The van der Waals surface area contributed by atoms with Crippen LogP contribution in [0.4, 0.5) is 5.13 Å². The molecule has 2 N–H and O–H groups in total. The van der Waals surface area contributed by atoms with Crippen LogP contribution in [0.2, 0.25) is 0 Å². The van der Waals surface area contributed by atoms with E-state index in [-0.39, 0.29) is 23.6 Å². The molecular formula is C23H24N6O2S2. The largest absolute Gasteiger partial charge is 0.342 e. The minimum atomic E-state index is -0.337. The van der Waals surface area contributed by atoms with Crippen LogP contribution in [0.15, 0.2) is 53.7 Å². The minimum absolute atomic E-state index is 0.160. The molecule has 2 aromatic carbocycles. The maximum Gasteiger partial charge on any atom is 0.251 e. The van der Waals surface area contributed by atoms with E-state index in [1.807, 2.05) is 67.8 Å². The molecule has 0 spiro atoms. The zero-order valence-electron chi connectivity index (χ0n) is 18.5. The van der Waals surface area contributed by atoms with E-state index >= 15 is 0 Å². The predicted molar refractivity (Wildman–Crippen MR) is 132 cm³/mol. The second kappa shape index (κ2) is 10.1. The van der Waals surface area contributed by atoms with Crippen LogP contribution in [0.3, 0.4) is 0 Å². The first-order valence-corrected chi connectivity index (χ1v) is 12.3. The Labute approximate surface area is 199 Å². The Hall–Kier alpha value is -3.24. The number of benzene rings is 2. The van der Waals surface area contributed by atoms with Crippen LogP contribution < -0.4 is 10.6 Å². The number of nitrogens with one attached hydrogen (secondary N) is 2. The number of hydrogen-bond donors (Lipinski definition) is 2. The topological polar surface area (TPSA) is 102 Å². The van der Waals surface area contributed by atoms with Crippen molar-refractivity contribution in [1.82, 2.24) is 25.1 Å². The molecule has 33 heavy (non-hydrogen) atoms. The van der Waals surface area contributed by atoms with Crippen molar-refractivity contribution >= 4 is 50.3 Å². The minimum Gasteiger partial charge on any atom is -0.342 e. The van der Waals surface area contributed by atoms with E-state index in [1.165, 1.54) is 23.1 Å². The number of rotatable bonds is 8. The number of thiazole rings is 1. The molecular weight excluding hydrogens is 456 g/mol. The van der Waals surface area contributed by atoms with Gasteiger partial charge in [0.1, 0.15) is 0 Å². The van der Waals surface area contributed by atoms with Gasteiger partial charge in [0.25, 0.3) is 5.91 Å². The highest BCUT2D eigenvalue weighted by Gasteiger charge is 2.20. The van der Waals surface area contributed by atoms with E-state index in [0.717, 1.165) is 15.8 Å². The van der Waals surface area contributed by atoms with E-state index in [0.29, 0.717) is 28.2 Å².